The van der Waals surface area contributed by atoms with Gasteiger partial charge in [-0.15, -0.1) is 0 Å². The van der Waals surface area contributed by atoms with Gasteiger partial charge in [0.05, 0.1) is 19.3 Å². The van der Waals surface area contributed by atoms with Gasteiger partial charge in [-0.3, -0.25) is 14.9 Å². The second-order valence-electron chi connectivity index (χ2n) is 4.31. The number of carbonyl (C=O) groups is 2. The number of nitrogens with one attached hydrogen (secondary N) is 2. The highest BCUT2D eigenvalue weighted by Crippen LogP contribution is 2.26. The third kappa shape index (κ3) is 2.85. The fraction of sp³-hybridized carbons (Fsp3) is 0.385. The first-order valence-electron chi connectivity index (χ1n) is 6.04. The third-order valence-corrected chi connectivity index (χ3v) is 3.09. The Hall–Kier alpha value is -2.08. The molecule has 19 heavy (non-hydrogen) atoms. The van der Waals surface area contributed by atoms with E-state index in [0.29, 0.717) is 18.0 Å². The maximum atomic E-state index is 12.3. The first-order chi connectivity index (χ1) is 9.13. The van der Waals surface area contributed by atoms with Crippen LogP contribution < -0.4 is 20.3 Å². The molecule has 0 bridgehead atoms. The van der Waals surface area contributed by atoms with E-state index in [2.05, 4.69) is 10.6 Å². The number of hydrogen-bond donors (Lipinski definition) is 2. The highest BCUT2D eigenvalue weighted by Gasteiger charge is 2.27. The lowest BCUT2D eigenvalue weighted by atomic mass is 10.2. The molecule has 2 amide bonds. The van der Waals surface area contributed by atoms with Crippen LogP contribution in [0.4, 0.5) is 5.69 Å². The molecule has 1 aliphatic rings. The maximum absolute atomic E-state index is 12.3. The number of hydrogen-bond acceptors (Lipinski definition) is 4. The molecule has 1 aromatic carbocycles. The van der Waals surface area contributed by atoms with E-state index in [1.165, 1.54) is 4.90 Å². The molecule has 1 heterocycles. The van der Waals surface area contributed by atoms with Crippen molar-refractivity contribution >= 4 is 17.5 Å². The molecule has 6 nitrogen and oxygen atoms in total. The number of methoxy groups -OCH3 is 1. The van der Waals surface area contributed by atoms with E-state index >= 15 is 0 Å². The van der Waals surface area contributed by atoms with E-state index in [1.54, 1.807) is 20.2 Å². The number of amides is 2. The minimum atomic E-state index is -0.410. The summed E-state index contributed by atoms with van der Waals surface area (Å²) in [6.45, 7) is 0.466. The summed E-state index contributed by atoms with van der Waals surface area (Å²) < 4.78 is 5.24. The van der Waals surface area contributed by atoms with E-state index in [-0.39, 0.29) is 18.4 Å². The number of likely N-dealkylation sites (N-methyl/N-ethyl adjacent to an activating group) is 1. The Bertz CT molecular complexity index is 480. The Morgan fingerprint density at radius 1 is 1.42 bits per heavy atom. The summed E-state index contributed by atoms with van der Waals surface area (Å²) in [5.74, 6) is 0.437. The van der Waals surface area contributed by atoms with E-state index in [0.717, 1.165) is 0 Å². The van der Waals surface area contributed by atoms with Gasteiger partial charge in [0, 0.05) is 13.6 Å². The van der Waals surface area contributed by atoms with Crippen molar-refractivity contribution in [1.29, 1.82) is 0 Å². The van der Waals surface area contributed by atoms with Gasteiger partial charge in [-0.05, 0) is 12.1 Å². The second kappa shape index (κ2) is 5.71. The van der Waals surface area contributed by atoms with Crippen LogP contribution in [0.3, 0.4) is 0 Å². The molecule has 1 unspecified atom stereocenters. The zero-order valence-corrected chi connectivity index (χ0v) is 11.0. The molecular weight excluding hydrogens is 246 g/mol. The van der Waals surface area contributed by atoms with Gasteiger partial charge in [-0.25, -0.2) is 0 Å². The molecular formula is C13H17N3O3. The van der Waals surface area contributed by atoms with Gasteiger partial charge in [0.2, 0.25) is 11.8 Å². The van der Waals surface area contributed by atoms with Crippen molar-refractivity contribution < 1.29 is 14.3 Å². The SMILES string of the molecule is COc1ccccc1N(C)C(=O)C1CNC(=O)CN1. The van der Waals surface area contributed by atoms with Crippen LogP contribution in [0.1, 0.15) is 0 Å². The van der Waals surface area contributed by atoms with Crippen LogP contribution in [-0.4, -0.2) is 45.1 Å². The molecule has 102 valence electrons. The summed E-state index contributed by atoms with van der Waals surface area (Å²) in [4.78, 5) is 24.9. The quantitative estimate of drug-likeness (QED) is 0.788. The Morgan fingerprint density at radius 2 is 2.16 bits per heavy atom. The van der Waals surface area contributed by atoms with Crippen molar-refractivity contribution in [3.63, 3.8) is 0 Å². The fourth-order valence-corrected chi connectivity index (χ4v) is 2.00. The maximum Gasteiger partial charge on any atom is 0.245 e. The van der Waals surface area contributed by atoms with Crippen LogP contribution in [0.2, 0.25) is 0 Å². The molecule has 0 aromatic heterocycles. The van der Waals surface area contributed by atoms with Crippen molar-refractivity contribution in [2.75, 3.05) is 32.1 Å². The number of nitrogens with zero attached hydrogens (tertiary/aromatic N) is 1. The highest BCUT2D eigenvalue weighted by molar-refractivity contribution is 5.99. The summed E-state index contributed by atoms with van der Waals surface area (Å²) in [6.07, 6.45) is 0. The van der Waals surface area contributed by atoms with Crippen molar-refractivity contribution in [1.82, 2.24) is 10.6 Å². The van der Waals surface area contributed by atoms with Crippen molar-refractivity contribution in [2.45, 2.75) is 6.04 Å². The standard InChI is InChI=1S/C13H17N3O3/c1-16(10-5-3-4-6-11(10)19-2)13(18)9-7-15-12(17)8-14-9/h3-6,9,14H,7-8H2,1-2H3,(H,15,17). The van der Waals surface area contributed by atoms with E-state index in [9.17, 15) is 9.59 Å². The minimum absolute atomic E-state index is 0.0935. The normalized spacial score (nSPS) is 18.6. The van der Waals surface area contributed by atoms with Crippen LogP contribution >= 0.6 is 0 Å². The zero-order chi connectivity index (χ0) is 13.8. The van der Waals surface area contributed by atoms with Crippen LogP contribution in [0, 0.1) is 0 Å². The van der Waals surface area contributed by atoms with E-state index in [1.807, 2.05) is 18.2 Å². The first kappa shape index (κ1) is 13.4. The molecule has 0 aliphatic carbocycles. The predicted molar refractivity (Wildman–Crippen MR) is 71.2 cm³/mol. The molecule has 1 aliphatic heterocycles. The van der Waals surface area contributed by atoms with Gasteiger partial charge in [0.15, 0.2) is 0 Å². The number of anilines is 1. The summed E-state index contributed by atoms with van der Waals surface area (Å²) >= 11 is 0. The number of piperazine rings is 1. The van der Waals surface area contributed by atoms with Gasteiger partial charge in [-0.2, -0.15) is 0 Å². The molecule has 1 atom stereocenters. The summed E-state index contributed by atoms with van der Waals surface area (Å²) in [5, 5.41) is 5.58. The number of carbonyl (C=O) groups excluding carboxylic acids is 2. The summed E-state index contributed by atoms with van der Waals surface area (Å²) in [5.41, 5.74) is 0.703. The van der Waals surface area contributed by atoms with Gasteiger partial charge in [-0.1, -0.05) is 12.1 Å². The average molecular weight is 263 g/mol. The van der Waals surface area contributed by atoms with Crippen LogP contribution in [-0.2, 0) is 9.59 Å². The van der Waals surface area contributed by atoms with Crippen LogP contribution in [0.15, 0.2) is 24.3 Å². The van der Waals surface area contributed by atoms with Crippen molar-refractivity contribution in [2.24, 2.45) is 0 Å². The zero-order valence-electron chi connectivity index (χ0n) is 11.0. The summed E-state index contributed by atoms with van der Waals surface area (Å²) in [6, 6.07) is 6.90. The Morgan fingerprint density at radius 3 is 2.79 bits per heavy atom. The predicted octanol–water partition coefficient (Wildman–Crippen LogP) is -0.254. The molecule has 0 spiro atoms. The smallest absolute Gasteiger partial charge is 0.245 e. The van der Waals surface area contributed by atoms with E-state index in [4.69, 9.17) is 4.74 Å². The first-order valence-corrected chi connectivity index (χ1v) is 6.04. The molecule has 0 saturated carbocycles. The molecule has 1 aromatic rings. The second-order valence-corrected chi connectivity index (χ2v) is 4.31. The Labute approximate surface area is 111 Å². The lowest BCUT2D eigenvalue weighted by Gasteiger charge is -2.28. The fourth-order valence-electron chi connectivity index (χ4n) is 2.00. The largest absolute Gasteiger partial charge is 0.495 e. The number of para-hydroxylation sites is 2. The Balaban J connectivity index is 2.12. The topological polar surface area (TPSA) is 70.7 Å². The molecule has 1 saturated heterocycles. The average Bonchev–Trinajstić information content (AvgIpc) is 2.46. The van der Waals surface area contributed by atoms with Crippen LogP contribution in [0.5, 0.6) is 5.75 Å². The number of rotatable bonds is 3. The van der Waals surface area contributed by atoms with Crippen LogP contribution in [0.25, 0.3) is 0 Å². The Kier molecular flexibility index (Phi) is 4.01. The highest BCUT2D eigenvalue weighted by atomic mass is 16.5. The molecule has 0 radical (unpaired) electrons. The third-order valence-electron chi connectivity index (χ3n) is 3.09. The number of benzene rings is 1. The van der Waals surface area contributed by atoms with Gasteiger partial charge < -0.3 is 15.0 Å². The van der Waals surface area contributed by atoms with Crippen molar-refractivity contribution in [3.05, 3.63) is 24.3 Å². The van der Waals surface area contributed by atoms with E-state index < -0.39 is 6.04 Å². The van der Waals surface area contributed by atoms with Gasteiger partial charge in [0.1, 0.15) is 11.8 Å². The lowest BCUT2D eigenvalue weighted by molar-refractivity contribution is -0.125. The van der Waals surface area contributed by atoms with Gasteiger partial charge in [0.25, 0.3) is 0 Å². The monoisotopic (exact) mass is 263 g/mol. The number of ether oxygens (including phenoxy) is 1. The molecule has 1 fully saturated rings. The lowest BCUT2D eigenvalue weighted by Crippen LogP contribution is -2.58. The van der Waals surface area contributed by atoms with Crippen molar-refractivity contribution in [3.8, 4) is 5.75 Å². The molecule has 6 heteroatoms. The van der Waals surface area contributed by atoms with Gasteiger partial charge >= 0.3 is 0 Å². The molecule has 2 N–H and O–H groups in total. The molecule has 2 rings (SSSR count). The minimum Gasteiger partial charge on any atom is -0.495 e. The summed E-state index contributed by atoms with van der Waals surface area (Å²) in [7, 11) is 3.26.